The largest absolute Gasteiger partial charge is 0.311 e. The van der Waals surface area contributed by atoms with E-state index in [0.717, 1.165) is 12.9 Å². The Morgan fingerprint density at radius 1 is 0.257 bits per heavy atom. The van der Waals surface area contributed by atoms with Crippen LogP contribution >= 0.6 is 0 Å². The van der Waals surface area contributed by atoms with Gasteiger partial charge < -0.3 is 4.90 Å². The number of allylic oxidation sites excluding steroid dienone is 9. The molecular formula is C84H54N16O6S3. The molecule has 0 aliphatic rings. The van der Waals surface area contributed by atoms with Crippen LogP contribution in [0.1, 0.15) is 50.1 Å². The highest BCUT2D eigenvalue weighted by Gasteiger charge is 2.38. The maximum atomic E-state index is 15.2. The molecule has 0 fully saturated rings. The van der Waals surface area contributed by atoms with E-state index in [-0.39, 0.29) is 48.4 Å². The van der Waals surface area contributed by atoms with E-state index in [2.05, 4.69) is 0 Å². The summed E-state index contributed by atoms with van der Waals surface area (Å²) in [5.41, 5.74) is -4.67. The Morgan fingerprint density at radius 3 is 0.633 bits per heavy atom. The highest BCUT2D eigenvalue weighted by Crippen LogP contribution is 2.44. The Hall–Kier alpha value is -15.7. The number of nitriles is 12. The first-order valence-electron chi connectivity index (χ1n) is 32.4. The molecule has 0 bridgehead atoms. The normalized spacial score (nSPS) is 10.4. The molecule has 524 valence electrons. The van der Waals surface area contributed by atoms with E-state index >= 15 is 25.3 Å². The number of hydrogen-bond donors (Lipinski definition) is 0. The fraction of sp³-hybridized carbons (Fsp3) is 0.0714. The van der Waals surface area contributed by atoms with E-state index < -0.39 is 117 Å². The Kier molecular flexibility index (Phi) is 24.6. The molecule has 109 heavy (non-hydrogen) atoms. The van der Waals surface area contributed by atoms with Crippen LogP contribution in [-0.4, -0.2) is 38.2 Å². The minimum absolute atomic E-state index is 0.0928. The minimum Gasteiger partial charge on any atom is -0.311 e. The van der Waals surface area contributed by atoms with Crippen LogP contribution < -0.4 is 4.90 Å². The summed E-state index contributed by atoms with van der Waals surface area (Å²) in [6.07, 6.45) is 0. The van der Waals surface area contributed by atoms with Gasteiger partial charge in [-0.05, 0) is 127 Å². The predicted molar refractivity (Wildman–Crippen MR) is 401 cm³/mol. The van der Waals surface area contributed by atoms with Gasteiger partial charge in [0, 0.05) is 33.8 Å². The standard InChI is InChI=1S/C84H54N16O6S3/c1-58-19-37-76(38-20-58)107(101,102)97(55-61-13-7-4-8-14-61)82(70(49-91)50-92)79(67(43-85)44-86)64-25-31-73(32-26-64)100(74-33-27-65(28-34-74)80(68(45-87)46-88)83(71(51-93)52-94)98(56-62-15-9-5-10-16-62)108(103,104)77-39-21-59(2)22-40-77)75-35-29-66(30-36-75)81(69(47-89)48-90)84(72(53-95)54-96)99(57-63-17-11-6-12-18-63)109(105,106)78-41-23-60(3)24-42-78/h4-42H,55-57H2,1-3H3. The zero-order valence-electron chi connectivity index (χ0n) is 58.0. The average Bonchev–Trinajstić information content (AvgIpc) is 0.768. The summed E-state index contributed by atoms with van der Waals surface area (Å²) >= 11 is 0. The second-order valence-corrected chi connectivity index (χ2v) is 29.3. The van der Waals surface area contributed by atoms with E-state index in [1.807, 2.05) is 36.4 Å². The van der Waals surface area contributed by atoms with Gasteiger partial charge in [-0.25, -0.2) is 25.3 Å². The molecule has 0 atom stereocenters. The number of anilines is 3. The van der Waals surface area contributed by atoms with Gasteiger partial charge in [-0.3, -0.25) is 12.9 Å². The molecule has 9 aromatic rings. The number of benzene rings is 9. The van der Waals surface area contributed by atoms with Crippen LogP contribution in [0.2, 0.25) is 0 Å². The Bertz CT molecular complexity index is 5490. The number of aryl methyl sites for hydroxylation is 3. The first-order valence-corrected chi connectivity index (χ1v) is 36.7. The molecule has 0 amide bonds. The van der Waals surface area contributed by atoms with Crippen molar-refractivity contribution in [3.05, 3.63) is 337 Å². The highest BCUT2D eigenvalue weighted by molar-refractivity contribution is 7.89. The molecule has 0 radical (unpaired) electrons. The molecule has 22 nitrogen and oxygen atoms in total. The highest BCUT2D eigenvalue weighted by atomic mass is 32.2. The van der Waals surface area contributed by atoms with Crippen molar-refractivity contribution in [2.24, 2.45) is 0 Å². The molecule has 0 saturated heterocycles. The second-order valence-electron chi connectivity index (χ2n) is 23.7. The molecule has 0 unspecified atom stereocenters. The molecule has 9 aromatic carbocycles. The van der Waals surface area contributed by atoms with Gasteiger partial charge in [-0.2, -0.15) is 63.1 Å². The lowest BCUT2D eigenvalue weighted by Gasteiger charge is -2.30. The smallest absolute Gasteiger partial charge is 0.264 e. The van der Waals surface area contributed by atoms with Crippen molar-refractivity contribution < 1.29 is 25.3 Å². The van der Waals surface area contributed by atoms with Gasteiger partial charge in [0.25, 0.3) is 30.1 Å². The summed E-state index contributed by atoms with van der Waals surface area (Å²) in [6.45, 7) is 3.58. The van der Waals surface area contributed by atoms with Crippen LogP contribution in [0.5, 0.6) is 0 Å². The molecular weight excluding hydrogens is 1430 g/mol. The molecule has 0 spiro atoms. The molecule has 0 aromatic heterocycles. The van der Waals surface area contributed by atoms with Gasteiger partial charge in [0.05, 0.1) is 51.4 Å². The summed E-state index contributed by atoms with van der Waals surface area (Å²) in [7, 11) is -14.5. The zero-order valence-corrected chi connectivity index (χ0v) is 60.4. The van der Waals surface area contributed by atoms with Crippen LogP contribution in [0.15, 0.2) is 302 Å². The molecule has 9 rings (SSSR count). The van der Waals surface area contributed by atoms with Crippen LogP contribution in [0.25, 0.3) is 16.7 Å². The fourth-order valence-corrected chi connectivity index (χ4v) is 15.9. The topological polar surface area (TPSA) is 401 Å². The quantitative estimate of drug-likeness (QED) is 0.0400. The zero-order chi connectivity index (χ0) is 78.6. The van der Waals surface area contributed by atoms with Gasteiger partial charge >= 0.3 is 0 Å². The van der Waals surface area contributed by atoms with Gasteiger partial charge in [-0.1, -0.05) is 180 Å². The molecule has 0 aliphatic carbocycles. The first-order chi connectivity index (χ1) is 52.5. The lowest BCUT2D eigenvalue weighted by molar-refractivity contribution is 0.480. The van der Waals surface area contributed by atoms with E-state index in [4.69, 9.17) is 0 Å². The van der Waals surface area contributed by atoms with Crippen LogP contribution in [0, 0.1) is 157 Å². The van der Waals surface area contributed by atoms with E-state index in [9.17, 15) is 63.1 Å². The average molecular weight is 1480 g/mol. The van der Waals surface area contributed by atoms with Gasteiger partial charge in [0.2, 0.25) is 0 Å². The predicted octanol–water partition coefficient (Wildman–Crippen LogP) is 15.1. The first kappa shape index (κ1) is 77.5. The van der Waals surface area contributed by atoms with Crippen molar-refractivity contribution in [1.82, 2.24) is 12.9 Å². The molecule has 0 aliphatic heterocycles. The third-order valence-corrected chi connectivity index (χ3v) is 22.1. The Labute approximate surface area is 631 Å². The molecule has 0 heterocycles. The van der Waals surface area contributed by atoms with Crippen LogP contribution in [0.4, 0.5) is 17.1 Å². The second kappa shape index (κ2) is 34.5. The maximum absolute atomic E-state index is 15.2. The van der Waals surface area contributed by atoms with Crippen molar-refractivity contribution in [2.45, 2.75) is 55.1 Å². The summed E-state index contributed by atoms with van der Waals surface area (Å²) in [6, 6.07) is 79.8. The van der Waals surface area contributed by atoms with Gasteiger partial charge in [0.1, 0.15) is 89.5 Å². The molecule has 0 N–H and O–H groups in total. The third-order valence-electron chi connectivity index (χ3n) is 16.8. The summed E-state index contributed by atoms with van der Waals surface area (Å²) in [4.78, 5) is 0.697. The summed E-state index contributed by atoms with van der Waals surface area (Å²) in [5.74, 6) is 0. The molecule has 25 heteroatoms. The van der Waals surface area contributed by atoms with Gasteiger partial charge in [-0.15, -0.1) is 0 Å². The molecule has 0 saturated carbocycles. The monoisotopic (exact) mass is 1480 g/mol. The third kappa shape index (κ3) is 16.7. The van der Waals surface area contributed by atoms with Crippen LogP contribution in [-0.2, 0) is 49.7 Å². The Morgan fingerprint density at radius 2 is 0.450 bits per heavy atom. The van der Waals surface area contributed by atoms with Crippen molar-refractivity contribution in [3.8, 4) is 72.8 Å². The lowest BCUT2D eigenvalue weighted by atomic mass is 9.93. The van der Waals surface area contributed by atoms with Crippen molar-refractivity contribution in [2.75, 3.05) is 4.90 Å². The SMILES string of the molecule is Cc1ccc(S(=O)(=O)N(Cc2ccccc2)C(=C(C#N)C#N)C(=C(C#N)C#N)c2ccc(N(c3ccc(C(=C(C#N)C#N)C(=C(C#N)C#N)N(Cc4ccccc4)S(=O)(=O)c4ccc(C)cc4)cc3)c3ccc(C(=C(C#N)C#N)C(=C(C#N)C#N)N(Cc4ccccc4)S(=O)(=O)c4ccc(C)cc4)cc3)cc2)cc1. The van der Waals surface area contributed by atoms with E-state index in [0.29, 0.717) is 33.4 Å². The fourth-order valence-electron chi connectivity index (χ4n) is 11.5. The van der Waals surface area contributed by atoms with Crippen molar-refractivity contribution in [3.63, 3.8) is 0 Å². The number of sulfonamides is 3. The summed E-state index contributed by atoms with van der Waals surface area (Å²) < 4.78 is 93.7. The number of hydrogen-bond acceptors (Lipinski definition) is 19. The van der Waals surface area contributed by atoms with E-state index in [1.54, 1.807) is 148 Å². The number of nitrogens with zero attached hydrogens (tertiary/aromatic N) is 16. The van der Waals surface area contributed by atoms with Crippen molar-refractivity contribution >= 4 is 63.9 Å². The van der Waals surface area contributed by atoms with Crippen molar-refractivity contribution in [1.29, 1.82) is 63.1 Å². The van der Waals surface area contributed by atoms with Crippen LogP contribution in [0.3, 0.4) is 0 Å². The lowest BCUT2D eigenvalue weighted by Crippen LogP contribution is -2.32. The van der Waals surface area contributed by atoms with Gasteiger partial charge in [0.15, 0.2) is 16.7 Å². The van der Waals surface area contributed by atoms with E-state index in [1.165, 1.54) is 150 Å². The number of rotatable bonds is 24. The maximum Gasteiger partial charge on any atom is 0.264 e. The summed E-state index contributed by atoms with van der Waals surface area (Å²) in [5, 5.41) is 130. The minimum atomic E-state index is -4.82. The Balaban J connectivity index is 1.32.